The number of pyridine rings is 1. The molecule has 0 radical (unpaired) electrons. The molecule has 0 unspecified atom stereocenters. The van der Waals surface area contributed by atoms with E-state index in [0.29, 0.717) is 30.9 Å². The predicted octanol–water partition coefficient (Wildman–Crippen LogP) is 4.50. The van der Waals surface area contributed by atoms with E-state index < -0.39 is 5.60 Å². The zero-order valence-electron chi connectivity index (χ0n) is 23.8. The summed E-state index contributed by atoms with van der Waals surface area (Å²) >= 11 is 0. The summed E-state index contributed by atoms with van der Waals surface area (Å²) in [7, 11) is 1.60. The van der Waals surface area contributed by atoms with Gasteiger partial charge in [0.15, 0.2) is 0 Å². The van der Waals surface area contributed by atoms with Gasteiger partial charge in [0.05, 0.1) is 12.8 Å². The highest BCUT2D eigenvalue weighted by atomic mass is 16.6. The van der Waals surface area contributed by atoms with E-state index in [1.54, 1.807) is 7.11 Å². The maximum atomic E-state index is 13.2. The molecule has 1 aromatic carbocycles. The molecule has 2 aliphatic heterocycles. The summed E-state index contributed by atoms with van der Waals surface area (Å²) in [5.74, 6) is 1.90. The van der Waals surface area contributed by atoms with Crippen LogP contribution >= 0.6 is 0 Å². The Morgan fingerprint density at radius 3 is 2.44 bits per heavy atom. The first-order valence-corrected chi connectivity index (χ1v) is 14.0. The van der Waals surface area contributed by atoms with E-state index in [1.165, 1.54) is 0 Å². The maximum Gasteiger partial charge on any atom is 0.321 e. The van der Waals surface area contributed by atoms with E-state index in [0.717, 1.165) is 51.4 Å². The fourth-order valence-electron chi connectivity index (χ4n) is 5.49. The molecule has 2 aliphatic rings. The van der Waals surface area contributed by atoms with Crippen molar-refractivity contribution in [2.45, 2.75) is 45.6 Å². The molecule has 0 saturated carbocycles. The number of likely N-dealkylation sites (tertiary alicyclic amines) is 1. The lowest BCUT2D eigenvalue weighted by atomic mass is 9.81. The quantitative estimate of drug-likeness (QED) is 0.496. The summed E-state index contributed by atoms with van der Waals surface area (Å²) in [4.78, 5) is 37.1. The van der Waals surface area contributed by atoms with Crippen LogP contribution in [0.2, 0.25) is 0 Å². The van der Waals surface area contributed by atoms with E-state index in [9.17, 15) is 9.59 Å². The van der Waals surface area contributed by atoms with E-state index >= 15 is 0 Å². The summed E-state index contributed by atoms with van der Waals surface area (Å²) in [5, 5.41) is 3.01. The number of piperidine rings is 1. The number of piperazine rings is 1. The summed E-state index contributed by atoms with van der Waals surface area (Å²) in [6.07, 6.45) is 3.93. The van der Waals surface area contributed by atoms with Gasteiger partial charge in [0.2, 0.25) is 0 Å². The molecule has 212 valence electrons. The number of ether oxygens (including phenoxy) is 2. The minimum absolute atomic E-state index is 0.135. The monoisotopic (exact) mass is 537 g/mol. The lowest BCUT2D eigenvalue weighted by Gasteiger charge is -2.40. The predicted molar refractivity (Wildman–Crippen MR) is 153 cm³/mol. The van der Waals surface area contributed by atoms with Crippen LogP contribution in [0.5, 0.6) is 5.75 Å². The van der Waals surface area contributed by atoms with Crippen LogP contribution in [0.15, 0.2) is 48.7 Å². The second-order valence-electron chi connectivity index (χ2n) is 11.5. The summed E-state index contributed by atoms with van der Waals surface area (Å²) in [5.41, 5.74) is 0.151. The van der Waals surface area contributed by atoms with E-state index in [2.05, 4.69) is 26.2 Å². The average molecular weight is 538 g/mol. The SMILES string of the molecule is COc1ccccc1NC(=O)N1CC[C@@H](CC(=O)OC(C)(C)C)[C@@H](CCN2CCN(c3ccccn3)CC2)C1. The van der Waals surface area contributed by atoms with Gasteiger partial charge in [0, 0.05) is 51.9 Å². The van der Waals surface area contributed by atoms with Gasteiger partial charge in [0.25, 0.3) is 0 Å². The van der Waals surface area contributed by atoms with Crippen LogP contribution in [0.1, 0.15) is 40.0 Å². The number of carbonyl (C=O) groups is 2. The van der Waals surface area contributed by atoms with Crippen molar-refractivity contribution in [2.24, 2.45) is 11.8 Å². The van der Waals surface area contributed by atoms with Crippen LogP contribution in [0.25, 0.3) is 0 Å². The molecule has 9 heteroatoms. The van der Waals surface area contributed by atoms with E-state index in [4.69, 9.17) is 9.47 Å². The Morgan fingerprint density at radius 2 is 1.74 bits per heavy atom. The first kappa shape index (κ1) is 28.7. The molecule has 2 fully saturated rings. The number of anilines is 2. The average Bonchev–Trinajstić information content (AvgIpc) is 2.92. The van der Waals surface area contributed by atoms with Crippen LogP contribution in [-0.2, 0) is 9.53 Å². The van der Waals surface area contributed by atoms with Crippen LogP contribution < -0.4 is 15.0 Å². The van der Waals surface area contributed by atoms with Crippen molar-refractivity contribution in [1.82, 2.24) is 14.8 Å². The highest BCUT2D eigenvalue weighted by molar-refractivity contribution is 5.91. The summed E-state index contributed by atoms with van der Waals surface area (Å²) in [6, 6.07) is 13.3. The molecular formula is C30H43N5O4. The highest BCUT2D eigenvalue weighted by Gasteiger charge is 2.34. The number of nitrogens with zero attached hydrogens (tertiary/aromatic N) is 4. The van der Waals surface area contributed by atoms with Crippen molar-refractivity contribution < 1.29 is 19.1 Å². The number of hydrogen-bond acceptors (Lipinski definition) is 7. The number of benzene rings is 1. The molecule has 0 bridgehead atoms. The molecule has 0 aliphatic carbocycles. The first-order chi connectivity index (χ1) is 18.7. The normalized spacial score (nSPS) is 20.4. The number of carbonyl (C=O) groups excluding carboxylic acids is 2. The molecule has 4 rings (SSSR count). The number of urea groups is 1. The number of hydrogen-bond donors (Lipinski definition) is 1. The first-order valence-electron chi connectivity index (χ1n) is 14.0. The number of amides is 2. The molecule has 2 saturated heterocycles. The van der Waals surface area contributed by atoms with Crippen LogP contribution in [-0.4, -0.2) is 85.3 Å². The van der Waals surface area contributed by atoms with Gasteiger partial charge in [0.1, 0.15) is 17.2 Å². The minimum atomic E-state index is -0.505. The molecular weight excluding hydrogens is 494 g/mol. The smallest absolute Gasteiger partial charge is 0.321 e. The molecule has 2 aromatic rings. The number of methoxy groups -OCH3 is 1. The number of esters is 1. The van der Waals surface area contributed by atoms with Gasteiger partial charge in [-0.1, -0.05) is 18.2 Å². The zero-order chi connectivity index (χ0) is 27.8. The Hall–Kier alpha value is -3.33. The molecule has 2 amide bonds. The molecule has 39 heavy (non-hydrogen) atoms. The van der Waals surface area contributed by atoms with E-state index in [1.807, 2.05) is 68.3 Å². The Bertz CT molecular complexity index is 1080. The third-order valence-electron chi connectivity index (χ3n) is 7.54. The Balaban J connectivity index is 1.36. The third-order valence-corrected chi connectivity index (χ3v) is 7.54. The summed E-state index contributed by atoms with van der Waals surface area (Å²) in [6.45, 7) is 11.7. The van der Waals surface area contributed by atoms with Crippen molar-refractivity contribution in [3.8, 4) is 5.75 Å². The van der Waals surface area contributed by atoms with Crippen molar-refractivity contribution in [3.05, 3.63) is 48.7 Å². The third kappa shape index (κ3) is 8.33. The van der Waals surface area contributed by atoms with E-state index in [-0.39, 0.29) is 23.8 Å². The van der Waals surface area contributed by atoms with Gasteiger partial charge >= 0.3 is 12.0 Å². The van der Waals surface area contributed by atoms with Crippen LogP contribution in [0.4, 0.5) is 16.3 Å². The fourth-order valence-corrected chi connectivity index (χ4v) is 5.49. The topological polar surface area (TPSA) is 87.2 Å². The Kier molecular flexibility index (Phi) is 9.67. The lowest BCUT2D eigenvalue weighted by Crippen LogP contribution is -2.49. The number of aromatic nitrogens is 1. The maximum absolute atomic E-state index is 13.2. The lowest BCUT2D eigenvalue weighted by molar-refractivity contribution is -0.156. The second kappa shape index (κ2) is 13.2. The molecule has 2 atom stereocenters. The van der Waals surface area contributed by atoms with Gasteiger partial charge in [-0.15, -0.1) is 0 Å². The van der Waals surface area contributed by atoms with Crippen molar-refractivity contribution in [1.29, 1.82) is 0 Å². The number of nitrogens with one attached hydrogen (secondary N) is 1. The van der Waals surface area contributed by atoms with Crippen molar-refractivity contribution in [3.63, 3.8) is 0 Å². The fraction of sp³-hybridized carbons (Fsp3) is 0.567. The standard InChI is InChI=1S/C30H43N5O4/c1-30(2,3)39-28(36)21-23-13-16-35(29(37)32-25-9-5-6-10-26(25)38-4)22-24(23)12-15-33-17-19-34(20-18-33)27-11-7-8-14-31-27/h5-11,14,23-24H,12-13,15-22H2,1-4H3,(H,32,37)/t23-,24-/m0/s1. The van der Waals surface area contributed by atoms with Gasteiger partial charge in [-0.3, -0.25) is 9.69 Å². The molecule has 1 N–H and O–H groups in total. The van der Waals surface area contributed by atoms with Gasteiger partial charge in [-0.25, -0.2) is 9.78 Å². The highest BCUT2D eigenvalue weighted by Crippen LogP contribution is 2.32. The Morgan fingerprint density at radius 1 is 1.00 bits per heavy atom. The molecule has 3 heterocycles. The second-order valence-corrected chi connectivity index (χ2v) is 11.5. The van der Waals surface area contributed by atoms with Gasteiger partial charge < -0.3 is 24.6 Å². The van der Waals surface area contributed by atoms with Crippen LogP contribution in [0.3, 0.4) is 0 Å². The van der Waals surface area contributed by atoms with Gasteiger partial charge in [-0.2, -0.15) is 0 Å². The largest absolute Gasteiger partial charge is 0.495 e. The van der Waals surface area contributed by atoms with Crippen LogP contribution in [0, 0.1) is 11.8 Å². The van der Waals surface area contributed by atoms with Gasteiger partial charge in [-0.05, 0) is 76.3 Å². The Labute approximate surface area is 232 Å². The summed E-state index contributed by atoms with van der Waals surface area (Å²) < 4.78 is 11.0. The zero-order valence-corrected chi connectivity index (χ0v) is 23.8. The number of rotatable bonds is 8. The molecule has 0 spiro atoms. The van der Waals surface area contributed by atoms with Crippen molar-refractivity contribution in [2.75, 3.05) is 63.1 Å². The molecule has 9 nitrogen and oxygen atoms in total. The van der Waals surface area contributed by atoms with Crippen molar-refractivity contribution >= 4 is 23.5 Å². The number of para-hydroxylation sites is 2. The molecule has 1 aromatic heterocycles. The minimum Gasteiger partial charge on any atom is -0.495 e.